The van der Waals surface area contributed by atoms with Crippen LogP contribution in [0.1, 0.15) is 38.1 Å². The topological polar surface area (TPSA) is 85.7 Å². The van der Waals surface area contributed by atoms with Crippen molar-refractivity contribution in [3.8, 4) is 11.8 Å². The maximum absolute atomic E-state index is 13.1. The van der Waals surface area contributed by atoms with Crippen molar-refractivity contribution >= 4 is 11.8 Å². The van der Waals surface area contributed by atoms with E-state index in [0.717, 1.165) is 0 Å². The van der Waals surface area contributed by atoms with Crippen LogP contribution < -0.4 is 10.1 Å². The van der Waals surface area contributed by atoms with Crippen molar-refractivity contribution in [1.29, 1.82) is 5.26 Å². The summed E-state index contributed by atoms with van der Waals surface area (Å²) in [6.45, 7) is 10.3. The average Bonchev–Trinajstić information content (AvgIpc) is 2.71. The second-order valence-corrected chi connectivity index (χ2v) is 8.07. The summed E-state index contributed by atoms with van der Waals surface area (Å²) >= 11 is 0. The van der Waals surface area contributed by atoms with Crippen LogP contribution in [0.5, 0.6) is 5.75 Å². The van der Waals surface area contributed by atoms with E-state index >= 15 is 0 Å². The molecule has 0 aromatic heterocycles. The van der Waals surface area contributed by atoms with Crippen molar-refractivity contribution in [3.63, 3.8) is 0 Å². The molecule has 0 aliphatic carbocycles. The molecule has 1 heterocycles. The Morgan fingerprint density at radius 1 is 1.07 bits per heavy atom. The number of nitrogens with zero attached hydrogens (tertiary/aromatic N) is 3. The highest BCUT2D eigenvalue weighted by Gasteiger charge is 2.33. The predicted molar refractivity (Wildman–Crippen MR) is 111 cm³/mol. The molecule has 158 valence electrons. The number of para-hydroxylation sites is 1. The minimum Gasteiger partial charge on any atom is -0.496 e. The molecule has 2 amide bonds. The third-order valence-corrected chi connectivity index (χ3v) is 5.35. The number of benzene rings is 1. The van der Waals surface area contributed by atoms with Gasteiger partial charge in [0, 0.05) is 26.2 Å². The van der Waals surface area contributed by atoms with Crippen molar-refractivity contribution in [2.45, 2.75) is 39.8 Å². The molecule has 1 fully saturated rings. The zero-order chi connectivity index (χ0) is 21.6. The van der Waals surface area contributed by atoms with E-state index in [1.807, 2.05) is 27.7 Å². The number of hydrogen-bond acceptors (Lipinski definition) is 5. The molecule has 0 bridgehead atoms. The van der Waals surface area contributed by atoms with Crippen LogP contribution in [0.15, 0.2) is 24.3 Å². The fourth-order valence-corrected chi connectivity index (χ4v) is 3.63. The number of carbonyl (C=O) groups is 2. The van der Waals surface area contributed by atoms with E-state index in [2.05, 4.69) is 16.3 Å². The smallest absolute Gasteiger partial charge is 0.255 e. The molecular weight excluding hydrogens is 368 g/mol. The van der Waals surface area contributed by atoms with E-state index in [1.165, 1.54) is 7.11 Å². The molecule has 0 saturated carbocycles. The molecule has 7 nitrogen and oxygen atoms in total. The van der Waals surface area contributed by atoms with E-state index in [-0.39, 0.29) is 29.7 Å². The first-order valence-electron chi connectivity index (χ1n) is 10.2. The van der Waals surface area contributed by atoms with Crippen LogP contribution in [0.4, 0.5) is 0 Å². The number of hydrogen-bond donors (Lipinski definition) is 1. The molecule has 0 radical (unpaired) electrons. The summed E-state index contributed by atoms with van der Waals surface area (Å²) in [5.74, 6) is 0.260. The van der Waals surface area contributed by atoms with Crippen LogP contribution >= 0.6 is 0 Å². The third kappa shape index (κ3) is 5.48. The van der Waals surface area contributed by atoms with Crippen LogP contribution in [0.3, 0.4) is 0 Å². The second-order valence-electron chi connectivity index (χ2n) is 8.07. The summed E-state index contributed by atoms with van der Waals surface area (Å²) in [7, 11) is 1.52. The van der Waals surface area contributed by atoms with Crippen molar-refractivity contribution < 1.29 is 14.3 Å². The van der Waals surface area contributed by atoms with E-state index < -0.39 is 6.04 Å². The van der Waals surface area contributed by atoms with Gasteiger partial charge in [0.05, 0.1) is 18.7 Å². The molecule has 1 aliphatic rings. The lowest BCUT2D eigenvalue weighted by molar-refractivity contribution is -0.136. The minimum atomic E-state index is -0.615. The summed E-state index contributed by atoms with van der Waals surface area (Å²) in [5.41, 5.74) is 0.409. The normalized spacial score (nSPS) is 17.0. The first-order valence-corrected chi connectivity index (χ1v) is 10.2. The van der Waals surface area contributed by atoms with Crippen LogP contribution in [-0.4, -0.2) is 67.0 Å². The van der Waals surface area contributed by atoms with Crippen LogP contribution in [0.2, 0.25) is 0 Å². The van der Waals surface area contributed by atoms with Gasteiger partial charge in [0.25, 0.3) is 5.91 Å². The van der Waals surface area contributed by atoms with E-state index in [9.17, 15) is 14.9 Å². The fourth-order valence-electron chi connectivity index (χ4n) is 3.63. The van der Waals surface area contributed by atoms with Crippen molar-refractivity contribution in [1.82, 2.24) is 15.1 Å². The zero-order valence-electron chi connectivity index (χ0n) is 18.0. The van der Waals surface area contributed by atoms with Crippen LogP contribution in [0.25, 0.3) is 0 Å². The number of nitriles is 1. The van der Waals surface area contributed by atoms with E-state index in [1.54, 1.807) is 29.2 Å². The third-order valence-electron chi connectivity index (χ3n) is 5.35. The van der Waals surface area contributed by atoms with Gasteiger partial charge in [-0.1, -0.05) is 39.8 Å². The number of nitrogens with one attached hydrogen (secondary N) is 1. The lowest BCUT2D eigenvalue weighted by atomic mass is 10.0. The number of rotatable bonds is 7. The maximum Gasteiger partial charge on any atom is 0.255 e. The van der Waals surface area contributed by atoms with Gasteiger partial charge < -0.3 is 15.0 Å². The Hall–Kier alpha value is -2.59. The Bertz CT molecular complexity index is 749. The van der Waals surface area contributed by atoms with Gasteiger partial charge in [0.2, 0.25) is 5.91 Å². The highest BCUT2D eigenvalue weighted by atomic mass is 16.5. The van der Waals surface area contributed by atoms with E-state index in [0.29, 0.717) is 37.5 Å². The largest absolute Gasteiger partial charge is 0.496 e. The first kappa shape index (κ1) is 22.7. The van der Waals surface area contributed by atoms with Gasteiger partial charge in [-0.3, -0.25) is 14.5 Å². The van der Waals surface area contributed by atoms with Crippen molar-refractivity contribution in [2.75, 3.05) is 33.3 Å². The number of methoxy groups -OCH3 is 1. The number of piperazine rings is 1. The van der Waals surface area contributed by atoms with Gasteiger partial charge in [-0.25, -0.2) is 0 Å². The average molecular weight is 401 g/mol. The number of amides is 2. The Morgan fingerprint density at radius 3 is 2.21 bits per heavy atom. The zero-order valence-corrected chi connectivity index (χ0v) is 18.0. The Morgan fingerprint density at radius 2 is 1.69 bits per heavy atom. The summed E-state index contributed by atoms with van der Waals surface area (Å²) < 4.78 is 5.26. The van der Waals surface area contributed by atoms with Gasteiger partial charge in [0.1, 0.15) is 17.8 Å². The molecular formula is C22H32N4O3. The standard InChI is InChI=1S/C22H32N4O3/c1-15(2)18(14-23)25-10-12-26(13-11-25)22(28)20(16(3)4)24-21(27)17-8-6-7-9-19(17)29-5/h6-9,15-16,18,20H,10-13H2,1-5H3,(H,24,27). The van der Waals surface area contributed by atoms with Gasteiger partial charge in [-0.15, -0.1) is 0 Å². The molecule has 1 aromatic carbocycles. The molecule has 2 unspecified atom stereocenters. The summed E-state index contributed by atoms with van der Waals surface area (Å²) in [4.78, 5) is 29.8. The van der Waals surface area contributed by atoms with Gasteiger partial charge >= 0.3 is 0 Å². The SMILES string of the molecule is COc1ccccc1C(=O)NC(C(=O)N1CCN(C(C#N)C(C)C)CC1)C(C)C. The summed E-state index contributed by atoms with van der Waals surface area (Å²) in [6, 6.07) is 8.58. The minimum absolute atomic E-state index is 0.0540. The first-order chi connectivity index (χ1) is 13.8. The summed E-state index contributed by atoms with van der Waals surface area (Å²) in [6.07, 6.45) is 0. The second kappa shape index (κ2) is 10.3. The van der Waals surface area contributed by atoms with Crippen LogP contribution in [-0.2, 0) is 4.79 Å². The van der Waals surface area contributed by atoms with Crippen molar-refractivity contribution in [3.05, 3.63) is 29.8 Å². The Kier molecular flexibility index (Phi) is 8.03. The van der Waals surface area contributed by atoms with E-state index in [4.69, 9.17) is 4.74 Å². The monoisotopic (exact) mass is 400 g/mol. The maximum atomic E-state index is 13.1. The molecule has 0 spiro atoms. The fraction of sp³-hybridized carbons (Fsp3) is 0.591. The Balaban J connectivity index is 2.05. The highest BCUT2D eigenvalue weighted by Crippen LogP contribution is 2.19. The number of carbonyl (C=O) groups excluding carboxylic acids is 2. The predicted octanol–water partition coefficient (Wildman–Crippen LogP) is 2.14. The lowest BCUT2D eigenvalue weighted by Gasteiger charge is -2.39. The molecule has 7 heteroatoms. The molecule has 2 rings (SSSR count). The van der Waals surface area contributed by atoms with Gasteiger partial charge in [-0.05, 0) is 24.0 Å². The molecule has 29 heavy (non-hydrogen) atoms. The summed E-state index contributed by atoms with van der Waals surface area (Å²) in [5, 5.41) is 12.3. The van der Waals surface area contributed by atoms with Crippen molar-refractivity contribution in [2.24, 2.45) is 11.8 Å². The van der Waals surface area contributed by atoms with Gasteiger partial charge in [-0.2, -0.15) is 5.26 Å². The highest BCUT2D eigenvalue weighted by molar-refractivity contribution is 5.99. The number of ether oxygens (including phenoxy) is 1. The molecule has 1 aliphatic heterocycles. The van der Waals surface area contributed by atoms with Gasteiger partial charge in [0.15, 0.2) is 0 Å². The molecule has 1 N–H and O–H groups in total. The van der Waals surface area contributed by atoms with Crippen LogP contribution in [0, 0.1) is 23.2 Å². The quantitative estimate of drug-likeness (QED) is 0.758. The molecule has 1 saturated heterocycles. The molecule has 1 aromatic rings. The molecule has 2 atom stereocenters. The Labute approximate surface area is 173 Å². The lowest BCUT2D eigenvalue weighted by Crippen LogP contribution is -2.58.